The summed E-state index contributed by atoms with van der Waals surface area (Å²) in [5.74, 6) is -1.73. The van der Waals surface area contributed by atoms with E-state index < -0.39 is 28.9 Å². The molecule has 0 saturated heterocycles. The Kier molecular flexibility index (Phi) is 24.5. The number of rotatable bonds is 8. The summed E-state index contributed by atoms with van der Waals surface area (Å²) in [4.78, 5) is 104. The van der Waals surface area contributed by atoms with Crippen molar-refractivity contribution in [3.8, 4) is 0 Å². The molecule has 31 nitrogen and oxygen atoms in total. The molecular formula is C60H92ClN19O12. The van der Waals surface area contributed by atoms with Crippen molar-refractivity contribution in [2.45, 2.75) is 138 Å². The van der Waals surface area contributed by atoms with Gasteiger partial charge in [-0.1, -0.05) is 25.1 Å². The van der Waals surface area contributed by atoms with Gasteiger partial charge in [-0.25, -0.2) is 39.0 Å². The second-order valence-electron chi connectivity index (χ2n) is 25.5. The van der Waals surface area contributed by atoms with E-state index in [1.165, 1.54) is 19.9 Å². The molecule has 4 aliphatic rings. The highest BCUT2D eigenvalue weighted by Crippen LogP contribution is 2.28. The normalized spacial score (nSPS) is 14.2. The van der Waals surface area contributed by atoms with E-state index in [4.69, 9.17) is 30.9 Å². The average molecular weight is 1310 g/mol. The second-order valence-corrected chi connectivity index (χ2v) is 26.0. The van der Waals surface area contributed by atoms with Crippen LogP contribution in [-0.2, 0) is 66.1 Å². The molecular weight excluding hydrogens is 1210 g/mol. The molecule has 8 amide bonds. The van der Waals surface area contributed by atoms with E-state index >= 15 is 0 Å². The number of aromatic nitrogens is 8. The molecule has 0 bridgehead atoms. The van der Waals surface area contributed by atoms with Crippen LogP contribution in [0.1, 0.15) is 157 Å². The van der Waals surface area contributed by atoms with Crippen LogP contribution in [0.25, 0.3) is 0 Å². The Balaban J connectivity index is 0.000000223. The summed E-state index contributed by atoms with van der Waals surface area (Å²) >= 11 is 5.95. The number of amides is 8. The van der Waals surface area contributed by atoms with Gasteiger partial charge in [0.2, 0.25) is 0 Å². The fraction of sp³-hybridized carbons (Fsp3) is 0.567. The van der Waals surface area contributed by atoms with Crippen molar-refractivity contribution in [1.29, 1.82) is 0 Å². The van der Waals surface area contributed by atoms with Crippen LogP contribution in [0, 0.1) is 0 Å². The van der Waals surface area contributed by atoms with E-state index in [9.17, 15) is 38.4 Å². The number of carboxylic acids is 1. The minimum atomic E-state index is -1.09. The first-order valence-corrected chi connectivity index (χ1v) is 29.8. The van der Waals surface area contributed by atoms with Gasteiger partial charge in [-0.05, 0) is 80.5 Å². The van der Waals surface area contributed by atoms with E-state index in [2.05, 4.69) is 46.1 Å². The van der Waals surface area contributed by atoms with Crippen LogP contribution in [0.4, 0.5) is 24.9 Å². The summed E-state index contributed by atoms with van der Waals surface area (Å²) in [5.41, 5.74) is 6.32. The number of carbonyl (C=O) groups is 8. The minimum absolute atomic E-state index is 0. The lowest BCUT2D eigenvalue weighted by atomic mass is 10.1. The van der Waals surface area contributed by atoms with Crippen LogP contribution in [0.5, 0.6) is 0 Å². The number of ether oxygens (including phenoxy) is 3. The highest BCUT2D eigenvalue weighted by atomic mass is 35.5. The molecule has 1 aromatic carbocycles. The summed E-state index contributed by atoms with van der Waals surface area (Å²) in [6, 6.07) is 6.75. The maximum Gasteiger partial charge on any atom is 0.410 e. The Morgan fingerprint density at radius 2 is 0.761 bits per heavy atom. The molecule has 8 heterocycles. The van der Waals surface area contributed by atoms with Crippen molar-refractivity contribution < 1.29 is 57.7 Å². The Morgan fingerprint density at radius 1 is 0.478 bits per heavy atom. The largest absolute Gasteiger partial charge is 0.476 e. The predicted octanol–water partition coefficient (Wildman–Crippen LogP) is 6.74. The van der Waals surface area contributed by atoms with E-state index in [-0.39, 0.29) is 55.6 Å². The molecule has 0 spiro atoms. The number of fused-ring (bicyclic) bond motifs is 4. The zero-order valence-electron chi connectivity index (χ0n) is 55.4. The Bertz CT molecular complexity index is 3340. The van der Waals surface area contributed by atoms with Gasteiger partial charge in [0.15, 0.2) is 22.8 Å². The smallest absolute Gasteiger partial charge is 0.410 e. The molecule has 9 rings (SSSR count). The summed E-state index contributed by atoms with van der Waals surface area (Å²) in [6.07, 6.45) is 1.24. The lowest BCUT2D eigenvalue weighted by Crippen LogP contribution is -2.41. The number of anilines is 1. The Hall–Kier alpha value is -8.81. The third kappa shape index (κ3) is 19.4. The minimum Gasteiger partial charge on any atom is -0.476 e. The van der Waals surface area contributed by atoms with Crippen molar-refractivity contribution >= 4 is 65.3 Å². The SMILES string of the molecule is C.CC(C)(C)OC(=O)N1CCc2[nH]nc(C(=O)O)c2C1.CN(C)N(C)C(=O)c1n[nH]c2c1CN(C(=O)Nc1cccc(Cl)c1)CC2.CN(C)N(C)C(=O)c1n[nH]c2c1CN(C(=O)OC(C)(C)C)CC2.CN(C)N(C)C(=O)c1n[nH]c2c1CN(C(=O)OC(C)(C)C)CC2. The molecule has 0 fully saturated rings. The number of carboxylic acid groups (broad SMARTS) is 1. The van der Waals surface area contributed by atoms with Crippen molar-refractivity contribution in [2.75, 3.05) is 94.9 Å². The van der Waals surface area contributed by atoms with Gasteiger partial charge < -0.3 is 44.2 Å². The number of nitrogens with zero attached hydrogens (tertiary/aromatic N) is 14. The topological polar surface area (TPSA) is 344 Å². The molecule has 4 aliphatic heterocycles. The molecule has 32 heteroatoms. The van der Waals surface area contributed by atoms with E-state index in [0.29, 0.717) is 105 Å². The van der Waals surface area contributed by atoms with Gasteiger partial charge in [-0.3, -0.25) is 49.8 Å². The predicted molar refractivity (Wildman–Crippen MR) is 341 cm³/mol. The van der Waals surface area contributed by atoms with Gasteiger partial charge in [-0.2, -0.15) is 20.4 Å². The summed E-state index contributed by atoms with van der Waals surface area (Å²) in [6.45, 7) is 19.7. The molecule has 506 valence electrons. The van der Waals surface area contributed by atoms with Gasteiger partial charge in [0.1, 0.15) is 16.8 Å². The maximum absolute atomic E-state index is 12.6. The number of hydrogen-bond acceptors (Lipinski definition) is 18. The Labute approximate surface area is 541 Å². The van der Waals surface area contributed by atoms with Gasteiger partial charge in [0, 0.05) is 171 Å². The van der Waals surface area contributed by atoms with Gasteiger partial charge in [0.25, 0.3) is 17.7 Å². The summed E-state index contributed by atoms with van der Waals surface area (Å²) in [7, 11) is 15.7. The van der Waals surface area contributed by atoms with Gasteiger partial charge in [0.05, 0.1) is 26.2 Å². The number of hydrogen-bond donors (Lipinski definition) is 6. The number of halogens is 1. The lowest BCUT2D eigenvalue weighted by molar-refractivity contribution is 0.0209. The molecule has 0 radical (unpaired) electrons. The van der Waals surface area contributed by atoms with Crippen LogP contribution < -0.4 is 5.32 Å². The van der Waals surface area contributed by atoms with Crippen molar-refractivity contribution in [1.82, 2.24) is 90.4 Å². The summed E-state index contributed by atoms with van der Waals surface area (Å²) < 4.78 is 16.1. The summed E-state index contributed by atoms with van der Waals surface area (Å²) in [5, 5.41) is 49.6. The third-order valence-electron chi connectivity index (χ3n) is 14.5. The molecule has 92 heavy (non-hydrogen) atoms. The van der Waals surface area contributed by atoms with Crippen molar-refractivity contribution in [3.63, 3.8) is 0 Å². The van der Waals surface area contributed by atoms with Crippen LogP contribution in [0.15, 0.2) is 24.3 Å². The number of benzene rings is 1. The highest BCUT2D eigenvalue weighted by Gasteiger charge is 2.36. The third-order valence-corrected chi connectivity index (χ3v) is 14.8. The molecule has 0 aliphatic carbocycles. The van der Waals surface area contributed by atoms with Crippen LogP contribution >= 0.6 is 11.6 Å². The van der Waals surface area contributed by atoms with E-state index in [1.807, 2.05) is 41.5 Å². The number of aromatic amines is 4. The van der Waals surface area contributed by atoms with Crippen LogP contribution in [0.2, 0.25) is 5.02 Å². The number of carbonyl (C=O) groups excluding carboxylic acids is 7. The van der Waals surface area contributed by atoms with E-state index in [1.54, 1.807) is 138 Å². The number of urea groups is 1. The second kappa shape index (κ2) is 30.5. The Morgan fingerprint density at radius 3 is 1.04 bits per heavy atom. The quantitative estimate of drug-likeness (QED) is 0.0691. The maximum atomic E-state index is 12.6. The van der Waals surface area contributed by atoms with Crippen molar-refractivity contribution in [3.05, 3.63) is 97.1 Å². The lowest BCUT2D eigenvalue weighted by Gasteiger charge is -2.30. The van der Waals surface area contributed by atoms with Gasteiger partial charge >= 0.3 is 30.3 Å². The molecule has 0 saturated carbocycles. The zero-order chi connectivity index (χ0) is 67.8. The molecule has 0 atom stereocenters. The van der Waals surface area contributed by atoms with Crippen molar-refractivity contribution in [2.24, 2.45) is 0 Å². The van der Waals surface area contributed by atoms with E-state index in [0.717, 1.165) is 39.5 Å². The molecule has 4 aromatic heterocycles. The molecule has 6 N–H and O–H groups in total. The highest BCUT2D eigenvalue weighted by molar-refractivity contribution is 6.30. The fourth-order valence-electron chi connectivity index (χ4n) is 9.28. The number of hydrazine groups is 3. The first-order chi connectivity index (χ1) is 42.3. The zero-order valence-corrected chi connectivity index (χ0v) is 56.1. The average Bonchev–Trinajstić information content (AvgIpc) is 1.72. The standard InChI is InChI=1S/C17H21ClN6O2.2C15H25N5O3.C12H17N3O4.CH4/c1-22(2)23(3)16(25)15-13-10-24(8-7-14(13)20-21-15)17(26)19-12-6-4-5-11(18)9-12;2*1-15(2,3)23-14(22)20-8-7-11-10(9-20)12(17-16-11)13(21)19(6)18(4)5;1-12(2,3)19-11(18)15-5-4-8-7(6-15)9(10(16)17)14-13-8;/h4-6,9H,7-8,10H2,1-3H3,(H,19,26)(H,20,21);2*7-9H2,1-6H3,(H,16,17);4-6H2,1-3H3,(H,13,14)(H,16,17);1H4. The fourth-order valence-corrected chi connectivity index (χ4v) is 9.47. The number of H-pyrrole nitrogens is 4. The van der Waals surface area contributed by atoms with Gasteiger partial charge in [-0.15, -0.1) is 0 Å². The molecule has 0 unspecified atom stereocenters. The first kappa shape index (κ1) is 73.9. The number of nitrogens with one attached hydrogen (secondary N) is 5. The van der Waals surface area contributed by atoms with Crippen LogP contribution in [0.3, 0.4) is 0 Å². The first-order valence-electron chi connectivity index (χ1n) is 29.4. The monoisotopic (exact) mass is 1310 g/mol. The molecule has 5 aromatic rings. The van der Waals surface area contributed by atoms with Crippen LogP contribution in [-0.4, -0.2) is 250 Å². The number of aromatic carboxylic acids is 1.